The number of hydrogen-bond acceptors (Lipinski definition) is 0. The van der Waals surface area contributed by atoms with Crippen molar-refractivity contribution < 1.29 is 0 Å². The second-order valence-corrected chi connectivity index (χ2v) is 7.33. The van der Waals surface area contributed by atoms with E-state index in [0.29, 0.717) is 0 Å². The zero-order chi connectivity index (χ0) is 6.53. The molecule has 0 nitrogen and oxygen atoms in total. The molecule has 0 heterocycles. The zero-order valence-electron chi connectivity index (χ0n) is 4.97. The quantitative estimate of drug-likeness (QED) is 0.732. The third-order valence-electron chi connectivity index (χ3n) is 1.11. The first-order chi connectivity index (χ1) is 4.43. The Morgan fingerprint density at radius 3 is 2.44 bits per heavy atom. The van der Waals surface area contributed by atoms with Gasteiger partial charge in [0.25, 0.3) is 0 Å². The fourth-order valence-corrected chi connectivity index (χ4v) is 3.96. The molecule has 0 spiro atoms. The van der Waals surface area contributed by atoms with Crippen LogP contribution in [-0.2, 0) is 4.44 Å². The molecule has 1 rings (SSSR count). The van der Waals surface area contributed by atoms with E-state index in [1.165, 1.54) is 10.0 Å². The second kappa shape index (κ2) is 4.34. The number of benzene rings is 1. The SMILES string of the molecule is [Br][Sn][CH2]c1ccccc1. The minimum atomic E-state index is -0.201. The van der Waals surface area contributed by atoms with Gasteiger partial charge in [0.15, 0.2) is 0 Å². The van der Waals surface area contributed by atoms with E-state index in [2.05, 4.69) is 43.0 Å². The molecule has 0 aliphatic heterocycles. The Bertz CT molecular complexity index is 162. The van der Waals surface area contributed by atoms with Crippen LogP contribution in [0, 0.1) is 0 Å². The number of rotatable bonds is 2. The van der Waals surface area contributed by atoms with Crippen molar-refractivity contribution in [1.29, 1.82) is 0 Å². The Balaban J connectivity index is 2.61. The summed E-state index contributed by atoms with van der Waals surface area (Å²) in [6, 6.07) is 10.6. The topological polar surface area (TPSA) is 0 Å². The summed E-state index contributed by atoms with van der Waals surface area (Å²) in [5.41, 5.74) is 1.47. The molecule has 0 atom stereocenters. The van der Waals surface area contributed by atoms with Gasteiger partial charge in [0.2, 0.25) is 0 Å². The molecule has 46 valence electrons. The normalized spacial score (nSPS) is 9.44. The molecular formula is C7H7BrSn. The summed E-state index contributed by atoms with van der Waals surface area (Å²) >= 11 is 3.35. The van der Waals surface area contributed by atoms with E-state index in [1.807, 2.05) is 0 Å². The average molecular weight is 290 g/mol. The van der Waals surface area contributed by atoms with Crippen LogP contribution in [0.25, 0.3) is 0 Å². The molecule has 9 heavy (non-hydrogen) atoms. The van der Waals surface area contributed by atoms with Crippen LogP contribution in [0.4, 0.5) is 0 Å². The molecule has 0 aliphatic carbocycles. The van der Waals surface area contributed by atoms with Crippen molar-refractivity contribution in [2.24, 2.45) is 0 Å². The summed E-state index contributed by atoms with van der Waals surface area (Å²) in [5, 5.41) is 0. The van der Waals surface area contributed by atoms with E-state index in [4.69, 9.17) is 0 Å². The molecule has 1 aromatic carbocycles. The van der Waals surface area contributed by atoms with E-state index < -0.39 is 0 Å². The van der Waals surface area contributed by atoms with Gasteiger partial charge in [-0.05, 0) is 0 Å². The van der Waals surface area contributed by atoms with Crippen LogP contribution in [0.3, 0.4) is 0 Å². The van der Waals surface area contributed by atoms with Gasteiger partial charge in [-0.1, -0.05) is 0 Å². The van der Waals surface area contributed by atoms with Gasteiger partial charge in [0, 0.05) is 0 Å². The first kappa shape index (κ1) is 7.60. The summed E-state index contributed by atoms with van der Waals surface area (Å²) in [6.45, 7) is 0. The Morgan fingerprint density at radius 2 is 1.89 bits per heavy atom. The van der Waals surface area contributed by atoms with E-state index in [1.54, 1.807) is 0 Å². The van der Waals surface area contributed by atoms with Crippen molar-refractivity contribution in [3.05, 3.63) is 35.9 Å². The zero-order valence-corrected chi connectivity index (χ0v) is 9.41. The molecule has 1 aromatic rings. The van der Waals surface area contributed by atoms with Crippen molar-refractivity contribution in [1.82, 2.24) is 0 Å². The van der Waals surface area contributed by atoms with Gasteiger partial charge in [0.1, 0.15) is 0 Å². The Kier molecular flexibility index (Phi) is 3.66. The molecule has 0 fully saturated rings. The Hall–Kier alpha value is 0.499. The molecule has 0 aromatic heterocycles. The standard InChI is InChI=1S/C7H7.BrH.Sn/c1-7-5-3-2-4-6-7;;/h2-6H,1H2;1H;/q;;+1/p-1. The molecule has 0 amide bonds. The third-order valence-corrected chi connectivity index (χ3v) is 4.54. The van der Waals surface area contributed by atoms with Gasteiger partial charge in [0.05, 0.1) is 0 Å². The van der Waals surface area contributed by atoms with Gasteiger partial charge in [-0.15, -0.1) is 0 Å². The van der Waals surface area contributed by atoms with Crippen molar-refractivity contribution in [2.75, 3.05) is 0 Å². The second-order valence-electron chi connectivity index (χ2n) is 1.80. The van der Waals surface area contributed by atoms with Gasteiger partial charge >= 0.3 is 72.0 Å². The first-order valence-corrected chi connectivity index (χ1v) is 11.2. The fraction of sp³-hybridized carbons (Fsp3) is 0.143. The van der Waals surface area contributed by atoms with Crippen LogP contribution < -0.4 is 0 Å². The maximum absolute atomic E-state index is 3.56. The van der Waals surface area contributed by atoms with Gasteiger partial charge in [-0.3, -0.25) is 0 Å². The van der Waals surface area contributed by atoms with E-state index >= 15 is 0 Å². The minimum absolute atomic E-state index is 0.201. The van der Waals surface area contributed by atoms with Crippen molar-refractivity contribution in [3.8, 4) is 0 Å². The van der Waals surface area contributed by atoms with Gasteiger partial charge in [-0.25, -0.2) is 0 Å². The van der Waals surface area contributed by atoms with Crippen LogP contribution in [0.1, 0.15) is 5.56 Å². The molecule has 0 aliphatic rings. The molecule has 2 radical (unpaired) electrons. The van der Waals surface area contributed by atoms with E-state index in [0.717, 1.165) is 0 Å². The van der Waals surface area contributed by atoms with Crippen molar-refractivity contribution in [3.63, 3.8) is 0 Å². The summed E-state index contributed by atoms with van der Waals surface area (Å²) in [7, 11) is 0. The molecule has 0 saturated heterocycles. The van der Waals surface area contributed by atoms with Crippen LogP contribution in [0.5, 0.6) is 0 Å². The summed E-state index contributed by atoms with van der Waals surface area (Å²) in [4.78, 5) is 0. The summed E-state index contributed by atoms with van der Waals surface area (Å²) in [5.74, 6) is 0. The Labute approximate surface area is 71.6 Å². The molecule has 2 heteroatoms. The van der Waals surface area contributed by atoms with Crippen molar-refractivity contribution in [2.45, 2.75) is 4.44 Å². The summed E-state index contributed by atoms with van der Waals surface area (Å²) in [6.07, 6.45) is 0. The van der Waals surface area contributed by atoms with Crippen LogP contribution in [0.2, 0.25) is 0 Å². The predicted molar refractivity (Wildman–Crippen MR) is 44.8 cm³/mol. The summed E-state index contributed by atoms with van der Waals surface area (Å²) < 4.78 is 1.30. The fourth-order valence-electron chi connectivity index (χ4n) is 0.673. The average Bonchev–Trinajstić information content (AvgIpc) is 1.91. The molecular weight excluding hydrogens is 283 g/mol. The maximum atomic E-state index is 3.56. The molecule has 0 N–H and O–H groups in total. The van der Waals surface area contributed by atoms with E-state index in [-0.39, 0.29) is 18.9 Å². The van der Waals surface area contributed by atoms with Crippen molar-refractivity contribution >= 4 is 31.6 Å². The van der Waals surface area contributed by atoms with Gasteiger partial charge in [-0.2, -0.15) is 0 Å². The number of hydrogen-bond donors (Lipinski definition) is 0. The first-order valence-electron chi connectivity index (χ1n) is 2.81. The number of halogens is 1. The molecule has 0 unspecified atom stereocenters. The van der Waals surface area contributed by atoms with Crippen LogP contribution >= 0.6 is 12.7 Å². The van der Waals surface area contributed by atoms with E-state index in [9.17, 15) is 0 Å². The van der Waals surface area contributed by atoms with Gasteiger partial charge < -0.3 is 0 Å². The Morgan fingerprint density at radius 1 is 1.22 bits per heavy atom. The monoisotopic (exact) mass is 290 g/mol. The van der Waals surface area contributed by atoms with Crippen LogP contribution in [-0.4, -0.2) is 18.9 Å². The predicted octanol–water partition coefficient (Wildman–Crippen LogP) is 2.20. The molecule has 0 bridgehead atoms. The van der Waals surface area contributed by atoms with Crippen LogP contribution in [0.15, 0.2) is 30.3 Å². The third kappa shape index (κ3) is 2.71. The molecule has 0 saturated carbocycles.